The first-order valence-corrected chi connectivity index (χ1v) is 6.89. The van der Waals surface area contributed by atoms with Gasteiger partial charge < -0.3 is 14.7 Å². The van der Waals surface area contributed by atoms with Gasteiger partial charge in [-0.1, -0.05) is 0 Å². The number of rotatable bonds is 4. The Morgan fingerprint density at radius 2 is 1.82 bits per heavy atom. The average molecular weight is 242 g/mol. The minimum Gasteiger partial charge on any atom is -0.396 e. The van der Waals surface area contributed by atoms with Gasteiger partial charge in [0.05, 0.1) is 13.2 Å². The third-order valence-electron chi connectivity index (χ3n) is 4.26. The van der Waals surface area contributed by atoms with Crippen LogP contribution in [0.2, 0.25) is 0 Å². The van der Waals surface area contributed by atoms with Gasteiger partial charge in [0, 0.05) is 26.2 Å². The summed E-state index contributed by atoms with van der Waals surface area (Å²) >= 11 is 0. The van der Waals surface area contributed by atoms with Crippen molar-refractivity contribution in [3.8, 4) is 0 Å². The highest BCUT2D eigenvalue weighted by molar-refractivity contribution is 4.79. The van der Waals surface area contributed by atoms with E-state index in [2.05, 4.69) is 16.8 Å². The maximum absolute atomic E-state index is 9.60. The lowest BCUT2D eigenvalue weighted by molar-refractivity contribution is 0.0125. The molecule has 4 heteroatoms. The number of hydrogen-bond acceptors (Lipinski definition) is 4. The number of piperidine rings is 1. The molecule has 0 radical (unpaired) electrons. The van der Waals surface area contributed by atoms with Crippen LogP contribution in [-0.4, -0.2) is 74.5 Å². The predicted molar refractivity (Wildman–Crippen MR) is 68.1 cm³/mol. The number of aliphatic hydroxyl groups is 1. The van der Waals surface area contributed by atoms with Gasteiger partial charge in [-0.05, 0) is 44.8 Å². The fraction of sp³-hybridized carbons (Fsp3) is 1.00. The van der Waals surface area contributed by atoms with E-state index in [1.807, 2.05) is 0 Å². The fourth-order valence-electron chi connectivity index (χ4n) is 2.97. The van der Waals surface area contributed by atoms with Gasteiger partial charge in [-0.25, -0.2) is 0 Å². The van der Waals surface area contributed by atoms with Crippen LogP contribution in [0.25, 0.3) is 0 Å². The van der Waals surface area contributed by atoms with E-state index in [0.717, 1.165) is 32.8 Å². The lowest BCUT2D eigenvalue weighted by Gasteiger charge is -2.37. The van der Waals surface area contributed by atoms with Crippen LogP contribution in [-0.2, 0) is 4.74 Å². The van der Waals surface area contributed by atoms with Crippen LogP contribution >= 0.6 is 0 Å². The van der Waals surface area contributed by atoms with Crippen LogP contribution in [0.15, 0.2) is 0 Å². The quantitative estimate of drug-likeness (QED) is 0.767. The molecule has 1 N–H and O–H groups in total. The molecule has 0 saturated carbocycles. The van der Waals surface area contributed by atoms with Crippen LogP contribution in [0.5, 0.6) is 0 Å². The first-order chi connectivity index (χ1) is 8.29. The van der Waals surface area contributed by atoms with Crippen molar-refractivity contribution in [2.75, 3.05) is 59.6 Å². The summed E-state index contributed by atoms with van der Waals surface area (Å²) in [7, 11) is 2.19. The van der Waals surface area contributed by atoms with E-state index in [9.17, 15) is 5.11 Å². The van der Waals surface area contributed by atoms with Crippen LogP contribution < -0.4 is 0 Å². The lowest BCUT2D eigenvalue weighted by Crippen LogP contribution is -2.43. The van der Waals surface area contributed by atoms with Crippen LogP contribution in [0.3, 0.4) is 0 Å². The van der Waals surface area contributed by atoms with Crippen LogP contribution in [0, 0.1) is 11.8 Å². The molecule has 1 atom stereocenters. The van der Waals surface area contributed by atoms with Crippen LogP contribution in [0.1, 0.15) is 12.8 Å². The number of morpholine rings is 1. The number of aliphatic hydroxyl groups excluding tert-OH is 1. The maximum Gasteiger partial charge on any atom is 0.0594 e. The first kappa shape index (κ1) is 13.3. The third-order valence-corrected chi connectivity index (χ3v) is 4.26. The Morgan fingerprint density at radius 1 is 1.18 bits per heavy atom. The third kappa shape index (κ3) is 3.91. The lowest BCUT2D eigenvalue weighted by atomic mass is 9.84. The second kappa shape index (κ2) is 6.69. The summed E-state index contributed by atoms with van der Waals surface area (Å²) in [6, 6.07) is 0. The van der Waals surface area contributed by atoms with Crippen molar-refractivity contribution in [2.24, 2.45) is 11.8 Å². The van der Waals surface area contributed by atoms with Crippen molar-refractivity contribution >= 4 is 0 Å². The van der Waals surface area contributed by atoms with E-state index < -0.39 is 0 Å². The molecule has 0 amide bonds. The molecule has 17 heavy (non-hydrogen) atoms. The van der Waals surface area contributed by atoms with Gasteiger partial charge >= 0.3 is 0 Å². The molecule has 2 fully saturated rings. The van der Waals surface area contributed by atoms with E-state index in [4.69, 9.17) is 4.74 Å². The Hall–Kier alpha value is -0.160. The second-order valence-corrected chi connectivity index (χ2v) is 5.50. The van der Waals surface area contributed by atoms with Crippen molar-refractivity contribution in [1.29, 1.82) is 0 Å². The zero-order chi connectivity index (χ0) is 12.1. The van der Waals surface area contributed by atoms with Gasteiger partial charge in [0.15, 0.2) is 0 Å². The standard InChI is InChI=1S/C13H26N2O2/c1-14-4-2-12(3-5-14)13(11-16)10-15-6-8-17-9-7-15/h12-13,16H,2-11H2,1H3. The fourth-order valence-corrected chi connectivity index (χ4v) is 2.97. The van der Waals surface area contributed by atoms with Gasteiger partial charge in [0.2, 0.25) is 0 Å². The van der Waals surface area contributed by atoms with E-state index in [1.54, 1.807) is 0 Å². The predicted octanol–water partition coefficient (Wildman–Crippen LogP) is 0.269. The molecular formula is C13H26N2O2. The van der Waals surface area contributed by atoms with E-state index in [0.29, 0.717) is 18.4 Å². The Bertz CT molecular complexity index is 211. The SMILES string of the molecule is CN1CCC(C(CO)CN2CCOCC2)CC1. The summed E-state index contributed by atoms with van der Waals surface area (Å²) in [5, 5.41) is 9.60. The zero-order valence-electron chi connectivity index (χ0n) is 11.0. The molecule has 2 aliphatic rings. The number of hydrogen-bond donors (Lipinski definition) is 1. The molecule has 0 aliphatic carbocycles. The van der Waals surface area contributed by atoms with E-state index in [1.165, 1.54) is 25.9 Å². The summed E-state index contributed by atoms with van der Waals surface area (Å²) in [5.74, 6) is 1.17. The van der Waals surface area contributed by atoms with Gasteiger partial charge in [-0.15, -0.1) is 0 Å². The molecule has 4 nitrogen and oxygen atoms in total. The summed E-state index contributed by atoms with van der Waals surface area (Å²) in [4.78, 5) is 4.84. The molecule has 0 aromatic heterocycles. The maximum atomic E-state index is 9.60. The molecule has 100 valence electrons. The number of likely N-dealkylation sites (tertiary alicyclic amines) is 1. The Morgan fingerprint density at radius 3 is 2.41 bits per heavy atom. The summed E-state index contributed by atoms with van der Waals surface area (Å²) < 4.78 is 5.36. The monoisotopic (exact) mass is 242 g/mol. The van der Waals surface area contributed by atoms with Crippen molar-refractivity contribution < 1.29 is 9.84 Å². The molecular weight excluding hydrogens is 216 g/mol. The molecule has 2 rings (SSSR count). The van der Waals surface area contributed by atoms with Gasteiger partial charge in [-0.3, -0.25) is 4.90 Å². The highest BCUT2D eigenvalue weighted by Crippen LogP contribution is 2.25. The number of nitrogens with zero attached hydrogens (tertiary/aromatic N) is 2. The zero-order valence-corrected chi connectivity index (χ0v) is 11.0. The van der Waals surface area contributed by atoms with Crippen molar-refractivity contribution in [1.82, 2.24) is 9.80 Å². The Labute approximate surface area is 105 Å². The van der Waals surface area contributed by atoms with Crippen molar-refractivity contribution in [3.05, 3.63) is 0 Å². The van der Waals surface area contributed by atoms with Gasteiger partial charge in [-0.2, -0.15) is 0 Å². The average Bonchev–Trinajstić information content (AvgIpc) is 2.38. The van der Waals surface area contributed by atoms with Crippen molar-refractivity contribution in [3.63, 3.8) is 0 Å². The van der Waals surface area contributed by atoms with Gasteiger partial charge in [0.1, 0.15) is 0 Å². The van der Waals surface area contributed by atoms with E-state index >= 15 is 0 Å². The molecule has 0 bridgehead atoms. The minimum atomic E-state index is 0.339. The summed E-state index contributed by atoms with van der Waals surface area (Å²) in [5.41, 5.74) is 0. The topological polar surface area (TPSA) is 35.9 Å². The Balaban J connectivity index is 1.78. The smallest absolute Gasteiger partial charge is 0.0594 e. The normalized spacial score (nSPS) is 27.2. The Kier molecular flexibility index (Phi) is 5.22. The summed E-state index contributed by atoms with van der Waals surface area (Å²) in [6.45, 7) is 7.53. The number of ether oxygens (including phenoxy) is 1. The summed E-state index contributed by atoms with van der Waals surface area (Å²) in [6.07, 6.45) is 2.48. The highest BCUT2D eigenvalue weighted by atomic mass is 16.5. The molecule has 1 unspecified atom stereocenters. The van der Waals surface area contributed by atoms with Crippen LogP contribution in [0.4, 0.5) is 0 Å². The van der Waals surface area contributed by atoms with E-state index in [-0.39, 0.29) is 0 Å². The molecule has 2 heterocycles. The molecule has 0 aromatic rings. The van der Waals surface area contributed by atoms with Gasteiger partial charge in [0.25, 0.3) is 0 Å². The molecule has 0 spiro atoms. The van der Waals surface area contributed by atoms with Crippen molar-refractivity contribution in [2.45, 2.75) is 12.8 Å². The molecule has 2 saturated heterocycles. The highest BCUT2D eigenvalue weighted by Gasteiger charge is 2.26. The molecule has 2 aliphatic heterocycles. The molecule has 0 aromatic carbocycles. The first-order valence-electron chi connectivity index (χ1n) is 6.89. The second-order valence-electron chi connectivity index (χ2n) is 5.50. The minimum absolute atomic E-state index is 0.339. The largest absolute Gasteiger partial charge is 0.396 e.